The van der Waals surface area contributed by atoms with Gasteiger partial charge in [-0.15, -0.1) is 0 Å². The van der Waals surface area contributed by atoms with Gasteiger partial charge in [0.25, 0.3) is 0 Å². The third-order valence-corrected chi connectivity index (χ3v) is 3.21. The fourth-order valence-electron chi connectivity index (χ4n) is 1.66. The van der Waals surface area contributed by atoms with E-state index in [0.29, 0.717) is 32.7 Å². The van der Waals surface area contributed by atoms with Crippen LogP contribution in [0.3, 0.4) is 0 Å². The van der Waals surface area contributed by atoms with Gasteiger partial charge in [0, 0.05) is 17.4 Å². The van der Waals surface area contributed by atoms with Gasteiger partial charge in [0.1, 0.15) is 0 Å². The summed E-state index contributed by atoms with van der Waals surface area (Å²) in [4.78, 5) is 9.37. The van der Waals surface area contributed by atoms with E-state index < -0.39 is 0 Å². The zero-order valence-electron chi connectivity index (χ0n) is 10.8. The van der Waals surface area contributed by atoms with Gasteiger partial charge in [-0.3, -0.25) is 4.98 Å². The topological polar surface area (TPSA) is 60.5 Å². The lowest BCUT2D eigenvalue weighted by Crippen LogP contribution is -2.00. The summed E-state index contributed by atoms with van der Waals surface area (Å²) in [5.74, 6) is 0. The van der Waals surface area contributed by atoms with Crippen molar-refractivity contribution in [3.8, 4) is 0 Å². The zero-order chi connectivity index (χ0) is 14.5. The minimum Gasteiger partial charge on any atom is -0.399 e. The second kappa shape index (κ2) is 6.59. The molecule has 2 rings (SSSR count). The molecule has 0 atom stereocenters. The molecule has 6 heteroatoms. The van der Waals surface area contributed by atoms with E-state index in [1.807, 2.05) is 0 Å². The quantitative estimate of drug-likeness (QED) is 0.688. The van der Waals surface area contributed by atoms with Crippen LogP contribution in [0.25, 0.3) is 0 Å². The summed E-state index contributed by atoms with van der Waals surface area (Å²) in [5, 5.41) is 5.07. The molecular formula is C14H13Cl2N3O. The van der Waals surface area contributed by atoms with Crippen molar-refractivity contribution in [1.82, 2.24) is 4.98 Å². The summed E-state index contributed by atoms with van der Waals surface area (Å²) < 4.78 is 0. The molecule has 0 bridgehead atoms. The van der Waals surface area contributed by atoms with Crippen molar-refractivity contribution in [2.45, 2.75) is 13.5 Å². The summed E-state index contributed by atoms with van der Waals surface area (Å²) in [5.41, 5.74) is 8.25. The first-order valence-electron chi connectivity index (χ1n) is 5.89. The Morgan fingerprint density at radius 3 is 2.65 bits per heavy atom. The lowest BCUT2D eigenvalue weighted by atomic mass is 10.1. The van der Waals surface area contributed by atoms with Crippen LogP contribution >= 0.6 is 23.2 Å². The highest BCUT2D eigenvalue weighted by Crippen LogP contribution is 2.25. The Balaban J connectivity index is 2.08. The lowest BCUT2D eigenvalue weighted by molar-refractivity contribution is 0.128. The molecule has 0 unspecified atom stereocenters. The average Bonchev–Trinajstić information content (AvgIpc) is 2.38. The first kappa shape index (κ1) is 14.6. The molecule has 1 heterocycles. The number of anilines is 1. The highest BCUT2D eigenvalue weighted by Gasteiger charge is 2.09. The molecule has 0 saturated heterocycles. The Labute approximate surface area is 127 Å². The molecule has 4 nitrogen and oxygen atoms in total. The van der Waals surface area contributed by atoms with E-state index in [-0.39, 0.29) is 6.61 Å². The van der Waals surface area contributed by atoms with Crippen molar-refractivity contribution >= 4 is 34.6 Å². The van der Waals surface area contributed by atoms with E-state index >= 15 is 0 Å². The summed E-state index contributed by atoms with van der Waals surface area (Å²) in [6.45, 7) is 2.00. The molecule has 0 fully saturated rings. The number of nitrogens with zero attached hydrogens (tertiary/aromatic N) is 2. The Morgan fingerprint density at radius 1 is 1.30 bits per heavy atom. The summed E-state index contributed by atoms with van der Waals surface area (Å²) >= 11 is 12.2. The van der Waals surface area contributed by atoms with Crippen LogP contribution in [0.2, 0.25) is 10.0 Å². The Bertz CT molecular complexity index is 624. The van der Waals surface area contributed by atoms with E-state index in [1.54, 1.807) is 43.5 Å². The number of benzene rings is 1. The molecule has 0 aliphatic heterocycles. The van der Waals surface area contributed by atoms with E-state index in [2.05, 4.69) is 10.1 Å². The molecule has 104 valence electrons. The van der Waals surface area contributed by atoms with Gasteiger partial charge < -0.3 is 10.6 Å². The van der Waals surface area contributed by atoms with Gasteiger partial charge in [0.15, 0.2) is 6.61 Å². The number of nitrogen functional groups attached to an aromatic ring is 1. The SMILES string of the molecule is C/C(=N\OCc1cc(N)ccn1)c1c(Cl)cccc1Cl. The van der Waals surface area contributed by atoms with E-state index in [1.165, 1.54) is 0 Å². The first-order valence-corrected chi connectivity index (χ1v) is 6.65. The smallest absolute Gasteiger partial charge is 0.159 e. The summed E-state index contributed by atoms with van der Waals surface area (Å²) in [7, 11) is 0. The maximum Gasteiger partial charge on any atom is 0.159 e. The highest BCUT2D eigenvalue weighted by atomic mass is 35.5. The minimum atomic E-state index is 0.227. The van der Waals surface area contributed by atoms with Gasteiger partial charge in [0.05, 0.1) is 21.5 Å². The number of rotatable bonds is 4. The molecule has 0 amide bonds. The van der Waals surface area contributed by atoms with Gasteiger partial charge in [0.2, 0.25) is 0 Å². The standard InChI is InChI=1S/C14H13Cl2N3O/c1-9(14-12(15)3-2-4-13(14)16)19-20-8-11-7-10(17)5-6-18-11/h2-7H,8H2,1H3,(H2,17,18)/b19-9+. The van der Waals surface area contributed by atoms with Crippen LogP contribution in [-0.4, -0.2) is 10.7 Å². The van der Waals surface area contributed by atoms with E-state index in [9.17, 15) is 0 Å². The number of pyridine rings is 1. The average molecular weight is 310 g/mol. The molecular weight excluding hydrogens is 297 g/mol. The molecule has 0 saturated carbocycles. The molecule has 0 radical (unpaired) electrons. The number of halogens is 2. The number of hydrogen-bond acceptors (Lipinski definition) is 4. The van der Waals surface area contributed by atoms with Crippen molar-refractivity contribution < 1.29 is 4.84 Å². The van der Waals surface area contributed by atoms with Crippen molar-refractivity contribution in [2.75, 3.05) is 5.73 Å². The second-order valence-electron chi connectivity index (χ2n) is 4.13. The van der Waals surface area contributed by atoms with E-state index in [0.717, 1.165) is 0 Å². The van der Waals surface area contributed by atoms with Crippen molar-refractivity contribution in [1.29, 1.82) is 0 Å². The zero-order valence-corrected chi connectivity index (χ0v) is 12.3. The Hall–Kier alpha value is -1.78. The van der Waals surface area contributed by atoms with Crippen LogP contribution in [-0.2, 0) is 11.4 Å². The fraction of sp³-hybridized carbons (Fsp3) is 0.143. The monoisotopic (exact) mass is 309 g/mol. The maximum absolute atomic E-state index is 6.09. The predicted octanol–water partition coefficient (Wildman–Crippen LogP) is 3.91. The third kappa shape index (κ3) is 3.62. The number of nitrogens with two attached hydrogens (primary N) is 1. The molecule has 20 heavy (non-hydrogen) atoms. The van der Waals surface area contributed by atoms with Crippen LogP contribution < -0.4 is 5.73 Å². The molecule has 0 aliphatic rings. The molecule has 0 aliphatic carbocycles. The molecule has 2 N–H and O–H groups in total. The predicted molar refractivity (Wildman–Crippen MR) is 82.1 cm³/mol. The van der Waals surface area contributed by atoms with Gasteiger partial charge in [-0.1, -0.05) is 34.4 Å². The van der Waals surface area contributed by atoms with E-state index in [4.69, 9.17) is 33.8 Å². The molecule has 2 aromatic rings. The van der Waals surface area contributed by atoms with Crippen LogP contribution in [0.15, 0.2) is 41.7 Å². The number of aromatic nitrogens is 1. The molecule has 0 spiro atoms. The molecule has 1 aromatic carbocycles. The highest BCUT2D eigenvalue weighted by molar-refractivity contribution is 6.40. The third-order valence-electron chi connectivity index (χ3n) is 2.58. The number of oxime groups is 1. The van der Waals surface area contributed by atoms with Gasteiger partial charge in [-0.05, 0) is 31.2 Å². The van der Waals surface area contributed by atoms with Crippen molar-refractivity contribution in [3.63, 3.8) is 0 Å². The normalized spacial score (nSPS) is 11.4. The van der Waals surface area contributed by atoms with Gasteiger partial charge in [-0.2, -0.15) is 0 Å². The summed E-state index contributed by atoms with van der Waals surface area (Å²) in [6.07, 6.45) is 1.62. The van der Waals surface area contributed by atoms with Crippen LogP contribution in [0.5, 0.6) is 0 Å². The van der Waals surface area contributed by atoms with Crippen molar-refractivity contribution in [2.24, 2.45) is 5.16 Å². The minimum absolute atomic E-state index is 0.227. The molecule has 1 aromatic heterocycles. The van der Waals surface area contributed by atoms with Crippen LogP contribution in [0.4, 0.5) is 5.69 Å². The maximum atomic E-state index is 6.09. The first-order chi connectivity index (χ1) is 9.58. The Kier molecular flexibility index (Phi) is 4.82. The number of hydrogen-bond donors (Lipinski definition) is 1. The Morgan fingerprint density at radius 2 is 2.00 bits per heavy atom. The van der Waals surface area contributed by atoms with Crippen LogP contribution in [0.1, 0.15) is 18.2 Å². The lowest BCUT2D eigenvalue weighted by Gasteiger charge is -2.06. The van der Waals surface area contributed by atoms with Gasteiger partial charge >= 0.3 is 0 Å². The summed E-state index contributed by atoms with van der Waals surface area (Å²) in [6, 6.07) is 8.72. The van der Waals surface area contributed by atoms with Crippen molar-refractivity contribution in [3.05, 3.63) is 57.8 Å². The fourth-order valence-corrected chi connectivity index (χ4v) is 2.33. The second-order valence-corrected chi connectivity index (χ2v) is 4.94. The van der Waals surface area contributed by atoms with Gasteiger partial charge in [-0.25, -0.2) is 0 Å². The largest absolute Gasteiger partial charge is 0.399 e. The van der Waals surface area contributed by atoms with Crippen LogP contribution in [0, 0.1) is 0 Å².